The Kier molecular flexibility index (Phi) is 5.51. The van der Waals surface area contributed by atoms with Crippen LogP contribution in [0.15, 0.2) is 12.7 Å². The smallest absolute Gasteiger partial charge is 0.321 e. The SMILES string of the molecule is C=CC(=O)OS(=O)(=O)O.[AlH3]. The largest absolute Gasteiger partial charge is 0.449 e. The molecule has 0 spiro atoms. The highest BCUT2D eigenvalue weighted by molar-refractivity contribution is 7.81. The van der Waals surface area contributed by atoms with Gasteiger partial charge in [-0.2, -0.15) is 8.42 Å². The van der Waals surface area contributed by atoms with Crippen LogP contribution in [-0.4, -0.2) is 36.3 Å². The minimum Gasteiger partial charge on any atom is -0.321 e. The summed E-state index contributed by atoms with van der Waals surface area (Å²) in [6.07, 6.45) is 0.619. The van der Waals surface area contributed by atoms with Gasteiger partial charge in [0.15, 0.2) is 17.4 Å². The van der Waals surface area contributed by atoms with E-state index in [1.807, 2.05) is 0 Å². The standard InChI is InChI=1S/C3H4O5S.Al.3H/c1-2-3(4)8-9(5,6)7;;;;/h2H,1H2,(H,5,6,7);;;;. The van der Waals surface area contributed by atoms with Gasteiger partial charge in [0.05, 0.1) is 0 Å². The summed E-state index contributed by atoms with van der Waals surface area (Å²) in [5.41, 5.74) is 0. The molecule has 0 rings (SSSR count). The quantitative estimate of drug-likeness (QED) is 0.314. The van der Waals surface area contributed by atoms with Crippen molar-refractivity contribution in [2.45, 2.75) is 0 Å². The van der Waals surface area contributed by atoms with Crippen molar-refractivity contribution in [1.29, 1.82) is 0 Å². The lowest BCUT2D eigenvalue weighted by molar-refractivity contribution is -0.128. The number of carbonyl (C=O) groups is 1. The van der Waals surface area contributed by atoms with Crippen LogP contribution in [0.3, 0.4) is 0 Å². The average Bonchev–Trinajstić information content (AvgIpc) is 1.62. The van der Waals surface area contributed by atoms with Crippen LogP contribution >= 0.6 is 0 Å². The predicted octanol–water partition coefficient (Wildman–Crippen LogP) is -1.67. The topological polar surface area (TPSA) is 80.7 Å². The third kappa shape index (κ3) is 7.65. The minimum absolute atomic E-state index is 0. The van der Waals surface area contributed by atoms with Gasteiger partial charge in [-0.25, -0.2) is 4.79 Å². The number of carbonyl (C=O) groups excluding carboxylic acids is 1. The van der Waals surface area contributed by atoms with Crippen molar-refractivity contribution in [1.82, 2.24) is 0 Å². The summed E-state index contributed by atoms with van der Waals surface area (Å²) >= 11 is 0. The Balaban J connectivity index is 0. The lowest BCUT2D eigenvalue weighted by Gasteiger charge is -1.91. The van der Waals surface area contributed by atoms with E-state index in [9.17, 15) is 13.2 Å². The minimum atomic E-state index is -4.66. The van der Waals surface area contributed by atoms with Gasteiger partial charge in [0, 0.05) is 6.08 Å². The van der Waals surface area contributed by atoms with Crippen molar-refractivity contribution >= 4 is 33.7 Å². The van der Waals surface area contributed by atoms with Crippen LogP contribution < -0.4 is 0 Å². The van der Waals surface area contributed by atoms with Gasteiger partial charge in [-0.1, -0.05) is 6.58 Å². The molecule has 0 fully saturated rings. The molecule has 0 aliphatic rings. The molecular weight excluding hydrogens is 175 g/mol. The van der Waals surface area contributed by atoms with Crippen molar-refractivity contribution in [2.24, 2.45) is 0 Å². The summed E-state index contributed by atoms with van der Waals surface area (Å²) < 4.78 is 30.5. The van der Waals surface area contributed by atoms with Crippen molar-refractivity contribution in [3.05, 3.63) is 12.7 Å². The van der Waals surface area contributed by atoms with Crippen molar-refractivity contribution < 1.29 is 21.9 Å². The van der Waals surface area contributed by atoms with E-state index in [0.29, 0.717) is 6.08 Å². The highest BCUT2D eigenvalue weighted by Gasteiger charge is 2.07. The fourth-order valence-electron chi connectivity index (χ4n) is 0.138. The van der Waals surface area contributed by atoms with E-state index < -0.39 is 16.4 Å². The Morgan fingerprint density at radius 2 is 2.00 bits per heavy atom. The molecule has 0 aromatic heterocycles. The maximum absolute atomic E-state index is 9.95. The number of hydrogen-bond donors (Lipinski definition) is 1. The summed E-state index contributed by atoms with van der Waals surface area (Å²) in [5, 5.41) is 0. The van der Waals surface area contributed by atoms with E-state index in [1.54, 1.807) is 0 Å². The van der Waals surface area contributed by atoms with Gasteiger partial charge >= 0.3 is 16.4 Å². The summed E-state index contributed by atoms with van der Waals surface area (Å²) in [4.78, 5) is 9.95. The first kappa shape index (κ1) is 12.3. The molecule has 0 saturated heterocycles. The van der Waals surface area contributed by atoms with Crippen molar-refractivity contribution in [3.8, 4) is 0 Å². The van der Waals surface area contributed by atoms with Crippen LogP contribution in [0.25, 0.3) is 0 Å². The molecule has 0 atom stereocenters. The van der Waals surface area contributed by atoms with Crippen LogP contribution in [0.1, 0.15) is 0 Å². The zero-order valence-corrected chi connectivity index (χ0v) is 5.09. The Bertz CT molecular complexity index is 217. The zero-order chi connectivity index (χ0) is 7.49. The molecule has 10 heavy (non-hydrogen) atoms. The molecule has 5 nitrogen and oxygen atoms in total. The Morgan fingerprint density at radius 1 is 1.60 bits per heavy atom. The molecule has 1 N–H and O–H groups in total. The van der Waals surface area contributed by atoms with Crippen LogP contribution in [-0.2, 0) is 19.4 Å². The van der Waals surface area contributed by atoms with Crippen molar-refractivity contribution in [2.75, 3.05) is 0 Å². The molecule has 58 valence electrons. The molecule has 0 heterocycles. The molecule has 0 radical (unpaired) electrons. The maximum atomic E-state index is 9.95. The van der Waals surface area contributed by atoms with E-state index in [-0.39, 0.29) is 17.4 Å². The second-order valence-electron chi connectivity index (χ2n) is 1.03. The van der Waals surface area contributed by atoms with Gasteiger partial charge in [0.2, 0.25) is 0 Å². The van der Waals surface area contributed by atoms with Crippen LogP contribution in [0.5, 0.6) is 0 Å². The summed E-state index contributed by atoms with van der Waals surface area (Å²) in [6.45, 7) is 2.89. The van der Waals surface area contributed by atoms with Crippen LogP contribution in [0.4, 0.5) is 0 Å². The third-order valence-electron chi connectivity index (χ3n) is 0.354. The van der Waals surface area contributed by atoms with E-state index in [4.69, 9.17) is 4.55 Å². The molecule has 0 aliphatic heterocycles. The predicted molar refractivity (Wildman–Crippen MR) is 37.8 cm³/mol. The molecule has 0 bridgehead atoms. The first-order valence-electron chi connectivity index (χ1n) is 1.79. The van der Waals surface area contributed by atoms with Crippen molar-refractivity contribution in [3.63, 3.8) is 0 Å². The monoisotopic (exact) mass is 182 g/mol. The first-order valence-corrected chi connectivity index (χ1v) is 3.15. The normalized spacial score (nSPS) is 9.30. The van der Waals surface area contributed by atoms with Gasteiger partial charge < -0.3 is 4.18 Å². The van der Waals surface area contributed by atoms with Gasteiger partial charge in [-0.3, -0.25) is 4.55 Å². The molecule has 0 saturated carbocycles. The van der Waals surface area contributed by atoms with Gasteiger partial charge in [0.1, 0.15) is 0 Å². The highest BCUT2D eigenvalue weighted by atomic mass is 32.3. The zero-order valence-electron chi connectivity index (χ0n) is 4.27. The fourth-order valence-corrected chi connectivity index (χ4v) is 0.413. The second kappa shape index (κ2) is 4.47. The lowest BCUT2D eigenvalue weighted by Crippen LogP contribution is -2.08. The maximum Gasteiger partial charge on any atom is 0.449 e. The molecule has 0 unspecified atom stereocenters. The molecule has 0 aromatic carbocycles. The Morgan fingerprint density at radius 3 is 2.10 bits per heavy atom. The van der Waals surface area contributed by atoms with Gasteiger partial charge in [-0.05, 0) is 0 Å². The van der Waals surface area contributed by atoms with Crippen LogP contribution in [0.2, 0.25) is 0 Å². The summed E-state index contributed by atoms with van der Waals surface area (Å²) in [7, 11) is -4.66. The van der Waals surface area contributed by atoms with E-state index in [1.165, 1.54) is 0 Å². The Hall–Kier alpha value is -0.348. The van der Waals surface area contributed by atoms with Gasteiger partial charge in [0.25, 0.3) is 0 Å². The molecule has 7 heteroatoms. The Labute approximate surface area is 68.8 Å². The molecule has 0 aliphatic carbocycles. The lowest BCUT2D eigenvalue weighted by atomic mass is 10.7. The second-order valence-corrected chi connectivity index (χ2v) is 2.06. The van der Waals surface area contributed by atoms with E-state index in [0.717, 1.165) is 0 Å². The highest BCUT2D eigenvalue weighted by Crippen LogP contribution is 1.86. The third-order valence-corrected chi connectivity index (χ3v) is 0.729. The van der Waals surface area contributed by atoms with E-state index in [2.05, 4.69) is 10.8 Å². The first-order chi connectivity index (χ1) is 3.95. The number of hydrogen-bond acceptors (Lipinski definition) is 4. The van der Waals surface area contributed by atoms with Crippen LogP contribution in [0, 0.1) is 0 Å². The van der Waals surface area contributed by atoms with Gasteiger partial charge in [-0.15, -0.1) is 0 Å². The van der Waals surface area contributed by atoms with E-state index >= 15 is 0 Å². The summed E-state index contributed by atoms with van der Waals surface area (Å²) in [6, 6.07) is 0. The molecule has 0 aromatic rings. The summed E-state index contributed by atoms with van der Waals surface area (Å²) in [5.74, 6) is -1.21. The fraction of sp³-hybridized carbons (Fsp3) is 0. The molecular formula is C3H7AlO5S. The average molecular weight is 182 g/mol. The molecule has 0 amide bonds. The number of rotatable bonds is 2.